The van der Waals surface area contributed by atoms with Gasteiger partial charge < -0.3 is 10.1 Å². The van der Waals surface area contributed by atoms with Gasteiger partial charge >= 0.3 is 0 Å². The number of hydrogen-bond acceptors (Lipinski definition) is 4. The molecule has 0 saturated carbocycles. The summed E-state index contributed by atoms with van der Waals surface area (Å²) in [7, 11) is 3.09. The first kappa shape index (κ1) is 19.7. The minimum atomic E-state index is -0.611. The summed E-state index contributed by atoms with van der Waals surface area (Å²) in [6, 6.07) is 4.28. The molecule has 5 nitrogen and oxygen atoms in total. The lowest BCUT2D eigenvalue weighted by Crippen LogP contribution is -2.29. The van der Waals surface area contributed by atoms with E-state index in [0.29, 0.717) is 5.69 Å². The Kier molecular flexibility index (Phi) is 6.40. The van der Waals surface area contributed by atoms with Gasteiger partial charge in [-0.15, -0.1) is 0 Å². The number of aromatic nitrogens is 1. The molecule has 0 radical (unpaired) electrons. The fourth-order valence-corrected chi connectivity index (χ4v) is 2.45. The highest BCUT2D eigenvalue weighted by atomic mass is 35.5. The van der Waals surface area contributed by atoms with Crippen LogP contribution in [0.2, 0.25) is 10.2 Å². The molecule has 25 heavy (non-hydrogen) atoms. The zero-order chi connectivity index (χ0) is 18.7. The Balaban J connectivity index is 2.24. The van der Waals surface area contributed by atoms with Gasteiger partial charge in [-0.05, 0) is 49.3 Å². The van der Waals surface area contributed by atoms with Gasteiger partial charge in [0.05, 0.1) is 7.11 Å². The van der Waals surface area contributed by atoms with Crippen LogP contribution >= 0.6 is 35.4 Å². The summed E-state index contributed by atoms with van der Waals surface area (Å²) < 4.78 is 19.8. The number of benzene rings is 1. The molecule has 2 rings (SSSR count). The van der Waals surface area contributed by atoms with Crippen molar-refractivity contribution in [3.05, 3.63) is 45.3 Å². The monoisotopic (exact) mass is 403 g/mol. The van der Waals surface area contributed by atoms with Crippen LogP contribution in [0.15, 0.2) is 18.2 Å². The lowest BCUT2D eigenvalue weighted by Gasteiger charge is -2.18. The van der Waals surface area contributed by atoms with Crippen LogP contribution in [0.3, 0.4) is 0 Å². The number of hydrogen-bond donors (Lipinski definition) is 1. The quantitative estimate of drug-likeness (QED) is 0.433. The van der Waals surface area contributed by atoms with E-state index in [1.807, 2.05) is 0 Å². The van der Waals surface area contributed by atoms with Crippen molar-refractivity contribution in [2.45, 2.75) is 13.8 Å². The molecule has 134 valence electrons. The minimum Gasteiger partial charge on any atom is -0.434 e. The van der Waals surface area contributed by atoms with Gasteiger partial charge in [0.2, 0.25) is 5.88 Å². The summed E-state index contributed by atoms with van der Waals surface area (Å²) in [4.78, 5) is 9.00. The molecule has 9 heteroatoms. The SMILES string of the molecule is CON(C)C(=S)Nc1ccc(Oc2nc(Cl)c(C)c(C)c2Cl)c(F)c1. The second-order valence-electron chi connectivity index (χ2n) is 5.13. The van der Waals surface area contributed by atoms with E-state index >= 15 is 0 Å². The van der Waals surface area contributed by atoms with E-state index in [0.717, 1.165) is 11.1 Å². The molecular weight excluding hydrogens is 388 g/mol. The number of thiocarbonyl (C=S) groups is 1. The molecule has 0 saturated heterocycles. The molecule has 1 aromatic heterocycles. The molecule has 1 aromatic carbocycles. The Bertz CT molecular complexity index is 820. The van der Waals surface area contributed by atoms with Crippen molar-refractivity contribution in [3.8, 4) is 11.6 Å². The number of ether oxygens (including phenoxy) is 1. The maximum atomic E-state index is 14.3. The number of hydroxylamine groups is 2. The predicted octanol–water partition coefficient (Wildman–Crippen LogP) is 5.13. The summed E-state index contributed by atoms with van der Waals surface area (Å²) in [6.45, 7) is 3.58. The van der Waals surface area contributed by atoms with Crippen molar-refractivity contribution in [3.63, 3.8) is 0 Å². The standard InChI is InChI=1S/C16H16Cl2FN3O2S/c1-8-9(2)14(18)21-15(13(8)17)24-12-6-5-10(7-11(12)19)20-16(25)22(3)23-4/h5-7H,1-4H3,(H,20,25). The first-order valence-corrected chi connectivity index (χ1v) is 8.29. The lowest BCUT2D eigenvalue weighted by molar-refractivity contribution is -0.0391. The van der Waals surface area contributed by atoms with Crippen molar-refractivity contribution < 1.29 is 14.0 Å². The van der Waals surface area contributed by atoms with Crippen molar-refractivity contribution in [2.24, 2.45) is 0 Å². The van der Waals surface area contributed by atoms with E-state index < -0.39 is 5.82 Å². The zero-order valence-corrected chi connectivity index (χ0v) is 16.3. The van der Waals surface area contributed by atoms with Gasteiger partial charge in [0.15, 0.2) is 16.7 Å². The lowest BCUT2D eigenvalue weighted by atomic mass is 10.2. The topological polar surface area (TPSA) is 46.6 Å². The first-order chi connectivity index (χ1) is 11.7. The van der Waals surface area contributed by atoms with Crippen molar-refractivity contribution in [1.29, 1.82) is 0 Å². The molecule has 0 aliphatic rings. The van der Waals surface area contributed by atoms with Crippen LogP contribution in [-0.4, -0.2) is 29.3 Å². The van der Waals surface area contributed by atoms with E-state index in [1.165, 1.54) is 24.3 Å². The second kappa shape index (κ2) is 8.14. The minimum absolute atomic E-state index is 0.0368. The van der Waals surface area contributed by atoms with Crippen LogP contribution in [-0.2, 0) is 4.84 Å². The maximum Gasteiger partial charge on any atom is 0.240 e. The van der Waals surface area contributed by atoms with Gasteiger partial charge in [-0.3, -0.25) is 4.84 Å². The Morgan fingerprint density at radius 3 is 2.56 bits per heavy atom. The van der Waals surface area contributed by atoms with Crippen LogP contribution in [0.5, 0.6) is 11.6 Å². The van der Waals surface area contributed by atoms with Crippen LogP contribution in [0.1, 0.15) is 11.1 Å². The largest absolute Gasteiger partial charge is 0.434 e. The zero-order valence-electron chi connectivity index (χ0n) is 14.0. The van der Waals surface area contributed by atoms with Crippen molar-refractivity contribution in [2.75, 3.05) is 19.5 Å². The van der Waals surface area contributed by atoms with E-state index in [-0.39, 0.29) is 26.9 Å². The molecule has 2 aromatic rings. The average molecular weight is 404 g/mol. The third-order valence-corrected chi connectivity index (χ3v) is 4.71. The van der Waals surface area contributed by atoms with E-state index in [2.05, 4.69) is 10.3 Å². The third kappa shape index (κ3) is 4.49. The maximum absolute atomic E-state index is 14.3. The van der Waals surface area contributed by atoms with Gasteiger partial charge in [-0.25, -0.2) is 9.45 Å². The Morgan fingerprint density at radius 1 is 1.28 bits per heavy atom. The van der Waals surface area contributed by atoms with Gasteiger partial charge in [-0.2, -0.15) is 4.98 Å². The Hall–Kier alpha value is -1.67. The molecule has 0 spiro atoms. The molecule has 0 bridgehead atoms. The van der Waals surface area contributed by atoms with Crippen LogP contribution in [0.4, 0.5) is 10.1 Å². The number of pyridine rings is 1. The fourth-order valence-electron chi connectivity index (χ4n) is 1.82. The highest BCUT2D eigenvalue weighted by Gasteiger charge is 2.16. The Morgan fingerprint density at radius 2 is 1.96 bits per heavy atom. The highest BCUT2D eigenvalue weighted by molar-refractivity contribution is 7.80. The summed E-state index contributed by atoms with van der Waals surface area (Å²) in [6.07, 6.45) is 0. The number of nitrogens with one attached hydrogen (secondary N) is 1. The van der Waals surface area contributed by atoms with Crippen molar-refractivity contribution in [1.82, 2.24) is 10.0 Å². The summed E-state index contributed by atoms with van der Waals surface area (Å²) in [5, 5.41) is 4.98. The van der Waals surface area contributed by atoms with Gasteiger partial charge in [0.25, 0.3) is 0 Å². The third-order valence-electron chi connectivity index (χ3n) is 3.54. The summed E-state index contributed by atoms with van der Waals surface area (Å²) in [5.74, 6) is -0.602. The molecule has 0 fully saturated rings. The van der Waals surface area contributed by atoms with Gasteiger partial charge in [0, 0.05) is 18.8 Å². The predicted molar refractivity (Wildman–Crippen MR) is 101 cm³/mol. The fraction of sp³-hybridized carbons (Fsp3) is 0.250. The molecule has 0 atom stereocenters. The van der Waals surface area contributed by atoms with E-state index in [9.17, 15) is 4.39 Å². The highest BCUT2D eigenvalue weighted by Crippen LogP contribution is 2.35. The van der Waals surface area contributed by atoms with E-state index in [4.69, 9.17) is 45.0 Å². The number of nitrogens with zero attached hydrogens (tertiary/aromatic N) is 2. The average Bonchev–Trinajstić information content (AvgIpc) is 2.59. The summed E-state index contributed by atoms with van der Waals surface area (Å²) >= 11 is 17.3. The Labute approximate surface area is 160 Å². The normalized spacial score (nSPS) is 10.5. The van der Waals surface area contributed by atoms with Gasteiger partial charge in [-0.1, -0.05) is 23.2 Å². The molecule has 1 N–H and O–H groups in total. The van der Waals surface area contributed by atoms with E-state index in [1.54, 1.807) is 27.0 Å². The summed E-state index contributed by atoms with van der Waals surface area (Å²) in [5.41, 5.74) is 1.91. The van der Waals surface area contributed by atoms with Crippen LogP contribution in [0, 0.1) is 19.7 Å². The first-order valence-electron chi connectivity index (χ1n) is 7.13. The second-order valence-corrected chi connectivity index (χ2v) is 6.25. The molecule has 0 aliphatic carbocycles. The number of anilines is 1. The molecule has 1 heterocycles. The van der Waals surface area contributed by atoms with Crippen LogP contribution in [0.25, 0.3) is 0 Å². The number of halogens is 3. The molecule has 0 unspecified atom stereocenters. The van der Waals surface area contributed by atoms with Crippen molar-refractivity contribution >= 4 is 46.2 Å². The molecule has 0 amide bonds. The number of rotatable bonds is 4. The molecule has 0 aliphatic heterocycles. The van der Waals surface area contributed by atoms with Gasteiger partial charge in [0.1, 0.15) is 10.2 Å². The van der Waals surface area contributed by atoms with Crippen LogP contribution < -0.4 is 10.1 Å². The molecular formula is C16H16Cl2FN3O2S. The smallest absolute Gasteiger partial charge is 0.240 e.